The fraction of sp³-hybridized carbons (Fsp3) is 0.471. The van der Waals surface area contributed by atoms with Gasteiger partial charge < -0.3 is 20.3 Å². The Hall–Kier alpha value is -2.48. The summed E-state index contributed by atoms with van der Waals surface area (Å²) < 4.78 is 16.6. The van der Waals surface area contributed by atoms with E-state index >= 15 is 0 Å². The minimum absolute atomic E-state index is 0.0433. The van der Waals surface area contributed by atoms with Crippen molar-refractivity contribution >= 4 is 22.8 Å². The molecule has 2 fully saturated rings. The van der Waals surface area contributed by atoms with E-state index in [2.05, 4.69) is 4.98 Å². The highest BCUT2D eigenvalue weighted by molar-refractivity contribution is 5.93. The van der Waals surface area contributed by atoms with Crippen LogP contribution in [-0.2, 0) is 0 Å². The largest absolute Gasteiger partial charge is 0.477 e. The molecular weight excluding hydrogens is 327 g/mol. The molecule has 3 N–H and O–H groups in total. The van der Waals surface area contributed by atoms with E-state index in [4.69, 9.17) is 5.73 Å². The molecule has 0 unspecified atom stereocenters. The van der Waals surface area contributed by atoms with E-state index in [1.54, 1.807) is 9.47 Å². The van der Waals surface area contributed by atoms with Gasteiger partial charge in [0.1, 0.15) is 11.2 Å². The van der Waals surface area contributed by atoms with Crippen molar-refractivity contribution in [1.29, 1.82) is 0 Å². The van der Waals surface area contributed by atoms with E-state index in [-0.39, 0.29) is 40.5 Å². The Labute approximate surface area is 142 Å². The number of anilines is 1. The van der Waals surface area contributed by atoms with E-state index in [0.29, 0.717) is 12.2 Å². The number of nitrogens with two attached hydrogens (primary N) is 1. The number of carbonyl (C=O) groups is 1. The molecule has 0 aromatic carbocycles. The molecule has 1 saturated carbocycles. The van der Waals surface area contributed by atoms with Crippen molar-refractivity contribution in [3.05, 3.63) is 33.4 Å². The van der Waals surface area contributed by atoms with Gasteiger partial charge in [0.2, 0.25) is 5.43 Å². The number of rotatable bonds is 3. The number of hydrogen-bond donors (Lipinski definition) is 2. The van der Waals surface area contributed by atoms with Gasteiger partial charge in [0.05, 0.1) is 5.39 Å². The van der Waals surface area contributed by atoms with E-state index in [0.717, 1.165) is 12.8 Å². The van der Waals surface area contributed by atoms with Gasteiger partial charge in [-0.15, -0.1) is 0 Å². The predicted octanol–water partition coefficient (Wildman–Crippen LogP) is 1.41. The molecule has 2 aromatic heterocycles. The zero-order valence-electron chi connectivity index (χ0n) is 14.0. The third-order valence-electron chi connectivity index (χ3n) is 5.28. The van der Waals surface area contributed by atoms with Gasteiger partial charge >= 0.3 is 5.97 Å². The Morgan fingerprint density at radius 3 is 2.64 bits per heavy atom. The van der Waals surface area contributed by atoms with Crippen LogP contribution in [0.5, 0.6) is 0 Å². The molecule has 0 amide bonds. The molecule has 0 spiro atoms. The van der Waals surface area contributed by atoms with Gasteiger partial charge in [-0.3, -0.25) is 4.79 Å². The van der Waals surface area contributed by atoms with Crippen molar-refractivity contribution in [2.24, 2.45) is 5.73 Å². The first-order valence-corrected chi connectivity index (χ1v) is 8.31. The van der Waals surface area contributed by atoms with Crippen molar-refractivity contribution in [3.8, 4) is 0 Å². The number of hydrogen-bond acceptors (Lipinski definition) is 5. The number of aromatic carboxylic acids is 1. The fourth-order valence-electron chi connectivity index (χ4n) is 3.39. The van der Waals surface area contributed by atoms with Crippen molar-refractivity contribution in [2.45, 2.75) is 44.8 Å². The highest BCUT2D eigenvalue weighted by Gasteiger charge is 2.37. The lowest BCUT2D eigenvalue weighted by Crippen LogP contribution is -2.63. The third-order valence-corrected chi connectivity index (χ3v) is 5.28. The number of carboxylic acid groups (broad SMARTS) is 1. The summed E-state index contributed by atoms with van der Waals surface area (Å²) in [5.74, 6) is -1.73. The van der Waals surface area contributed by atoms with Crippen LogP contribution in [0.3, 0.4) is 0 Å². The number of nitrogens with zero attached hydrogens (tertiary/aromatic N) is 3. The van der Waals surface area contributed by atoms with Crippen molar-refractivity contribution < 1.29 is 14.3 Å². The summed E-state index contributed by atoms with van der Waals surface area (Å²) in [5, 5.41) is 9.36. The average molecular weight is 346 g/mol. The van der Waals surface area contributed by atoms with Crippen LogP contribution < -0.4 is 16.1 Å². The molecule has 3 heterocycles. The second kappa shape index (κ2) is 5.26. The van der Waals surface area contributed by atoms with Gasteiger partial charge in [0.15, 0.2) is 11.6 Å². The summed E-state index contributed by atoms with van der Waals surface area (Å²) in [6, 6.07) is 0.0120. The van der Waals surface area contributed by atoms with Crippen LogP contribution in [-0.4, -0.2) is 39.3 Å². The fourth-order valence-corrected chi connectivity index (χ4v) is 3.39. The van der Waals surface area contributed by atoms with E-state index in [1.165, 1.54) is 13.1 Å². The van der Waals surface area contributed by atoms with Crippen LogP contribution in [0.1, 0.15) is 41.7 Å². The number of carboxylic acids is 1. The molecule has 132 valence electrons. The minimum Gasteiger partial charge on any atom is -0.477 e. The molecule has 1 saturated heterocycles. The summed E-state index contributed by atoms with van der Waals surface area (Å²) in [7, 11) is 0. The number of pyridine rings is 2. The normalized spacial score (nSPS) is 23.0. The Kier molecular flexibility index (Phi) is 3.37. The van der Waals surface area contributed by atoms with Crippen molar-refractivity contribution in [2.75, 3.05) is 11.4 Å². The second-order valence-electron chi connectivity index (χ2n) is 6.95. The molecule has 0 bridgehead atoms. The molecule has 7 nitrogen and oxygen atoms in total. The topological polar surface area (TPSA) is 101 Å². The maximum Gasteiger partial charge on any atom is 0.341 e. The van der Waals surface area contributed by atoms with Gasteiger partial charge in [-0.2, -0.15) is 0 Å². The Morgan fingerprint density at radius 1 is 1.44 bits per heavy atom. The first-order valence-electron chi connectivity index (χ1n) is 8.31. The van der Waals surface area contributed by atoms with Gasteiger partial charge in [0.25, 0.3) is 0 Å². The molecule has 4 rings (SSSR count). The standard InChI is InChI=1S/C17H19FN4O3/c1-7-12-14(23)10(17(24)25)5-22(9-3-4-9)15(12)20-16(13(7)18)21-6-11(19)8(21)2/h5,8-9,11H,3-4,6,19H2,1-2H3,(H,24,25)/t8-,11+/m1/s1. The SMILES string of the molecule is Cc1c(F)c(N2C[C@H](N)[C@H]2C)nc2c1c(=O)c(C(=O)O)cn2C1CC1. The quantitative estimate of drug-likeness (QED) is 0.871. The summed E-state index contributed by atoms with van der Waals surface area (Å²) in [6.07, 6.45) is 3.11. The third kappa shape index (κ3) is 2.24. The zero-order chi connectivity index (χ0) is 18.0. The maximum atomic E-state index is 14.9. The summed E-state index contributed by atoms with van der Waals surface area (Å²) in [4.78, 5) is 30.2. The summed E-state index contributed by atoms with van der Waals surface area (Å²) >= 11 is 0. The highest BCUT2D eigenvalue weighted by Crippen LogP contribution is 2.38. The van der Waals surface area contributed by atoms with Crippen molar-refractivity contribution in [3.63, 3.8) is 0 Å². The highest BCUT2D eigenvalue weighted by atomic mass is 19.1. The first kappa shape index (κ1) is 16.0. The Bertz CT molecular complexity index is 967. The van der Waals surface area contributed by atoms with Gasteiger partial charge in [0, 0.05) is 36.4 Å². The Morgan fingerprint density at radius 2 is 2.12 bits per heavy atom. The van der Waals surface area contributed by atoms with E-state index < -0.39 is 17.2 Å². The molecule has 2 aliphatic rings. The number of fused-ring (bicyclic) bond motifs is 1. The number of halogens is 1. The first-order chi connectivity index (χ1) is 11.8. The van der Waals surface area contributed by atoms with Crippen LogP contribution in [0.2, 0.25) is 0 Å². The molecule has 8 heteroatoms. The smallest absolute Gasteiger partial charge is 0.341 e. The summed E-state index contributed by atoms with van der Waals surface area (Å²) in [6.45, 7) is 3.89. The van der Waals surface area contributed by atoms with Gasteiger partial charge in [-0.25, -0.2) is 14.2 Å². The predicted molar refractivity (Wildman–Crippen MR) is 90.7 cm³/mol. The lowest BCUT2D eigenvalue weighted by Gasteiger charge is -2.45. The van der Waals surface area contributed by atoms with Crippen molar-refractivity contribution in [1.82, 2.24) is 9.55 Å². The Balaban J connectivity index is 2.03. The monoisotopic (exact) mass is 346 g/mol. The second-order valence-corrected chi connectivity index (χ2v) is 6.95. The molecule has 0 radical (unpaired) electrons. The molecule has 1 aliphatic carbocycles. The zero-order valence-corrected chi connectivity index (χ0v) is 14.0. The average Bonchev–Trinajstić information content (AvgIpc) is 3.40. The summed E-state index contributed by atoms with van der Waals surface area (Å²) in [5.41, 5.74) is 5.34. The van der Waals surface area contributed by atoms with Crippen LogP contribution in [0.25, 0.3) is 11.0 Å². The van der Waals surface area contributed by atoms with Gasteiger partial charge in [-0.05, 0) is 26.7 Å². The van der Waals surface area contributed by atoms with Crippen LogP contribution in [0, 0.1) is 12.7 Å². The maximum absolute atomic E-state index is 14.9. The molecule has 1 aliphatic heterocycles. The minimum atomic E-state index is -1.31. The molecule has 2 aromatic rings. The van der Waals surface area contributed by atoms with Gasteiger partial charge in [-0.1, -0.05) is 0 Å². The number of aryl methyl sites for hydroxylation is 1. The lowest BCUT2D eigenvalue weighted by atomic mass is 9.98. The number of aromatic nitrogens is 2. The molecule has 25 heavy (non-hydrogen) atoms. The molecule has 2 atom stereocenters. The lowest BCUT2D eigenvalue weighted by molar-refractivity contribution is 0.0695. The van der Waals surface area contributed by atoms with Crippen LogP contribution in [0.15, 0.2) is 11.0 Å². The van der Waals surface area contributed by atoms with Crippen LogP contribution in [0.4, 0.5) is 10.2 Å². The van der Waals surface area contributed by atoms with Crippen LogP contribution >= 0.6 is 0 Å². The van der Waals surface area contributed by atoms with E-state index in [9.17, 15) is 19.1 Å². The molecular formula is C17H19FN4O3. The van der Waals surface area contributed by atoms with E-state index in [1.807, 2.05) is 6.92 Å².